The van der Waals surface area contributed by atoms with Gasteiger partial charge in [-0.05, 0) is 72.6 Å². The molecule has 0 bridgehead atoms. The Labute approximate surface area is 231 Å². The van der Waals surface area contributed by atoms with Crippen LogP contribution in [0.4, 0.5) is 17.6 Å². The highest BCUT2D eigenvalue weighted by Crippen LogP contribution is 2.40. The first-order valence-corrected chi connectivity index (χ1v) is 15.0. The molecule has 0 amide bonds. The summed E-state index contributed by atoms with van der Waals surface area (Å²) in [4.78, 5) is 0. The van der Waals surface area contributed by atoms with Crippen LogP contribution in [0.1, 0.15) is 108 Å². The van der Waals surface area contributed by atoms with Crippen molar-refractivity contribution in [2.75, 3.05) is 0 Å². The molecule has 0 radical (unpaired) electrons. The Morgan fingerprint density at radius 1 is 0.564 bits per heavy atom. The van der Waals surface area contributed by atoms with Crippen molar-refractivity contribution in [2.45, 2.75) is 103 Å². The van der Waals surface area contributed by atoms with Crippen molar-refractivity contribution in [2.24, 2.45) is 5.92 Å². The van der Waals surface area contributed by atoms with Crippen LogP contribution in [0.2, 0.25) is 0 Å². The zero-order valence-electron chi connectivity index (χ0n) is 23.5. The van der Waals surface area contributed by atoms with E-state index in [4.69, 9.17) is 0 Å². The van der Waals surface area contributed by atoms with Crippen molar-refractivity contribution >= 4 is 0 Å². The number of rotatable bonds is 12. The molecule has 3 aromatic rings. The maximum Gasteiger partial charge on any atom is 0.166 e. The van der Waals surface area contributed by atoms with E-state index in [9.17, 15) is 8.78 Å². The summed E-state index contributed by atoms with van der Waals surface area (Å²) < 4.78 is 60.1. The third kappa shape index (κ3) is 7.13. The highest BCUT2D eigenvalue weighted by Gasteiger charge is 2.26. The molecule has 0 spiro atoms. The van der Waals surface area contributed by atoms with Gasteiger partial charge in [-0.1, -0.05) is 107 Å². The molecule has 4 rings (SSSR count). The average molecular weight is 539 g/mol. The van der Waals surface area contributed by atoms with E-state index in [1.807, 2.05) is 0 Å². The first kappa shape index (κ1) is 29.4. The average Bonchev–Trinajstić information content (AvgIpc) is 2.95. The van der Waals surface area contributed by atoms with Gasteiger partial charge < -0.3 is 0 Å². The molecule has 1 aliphatic rings. The summed E-state index contributed by atoms with van der Waals surface area (Å²) in [6, 6.07) is 13.2. The zero-order chi connectivity index (χ0) is 27.8. The first-order chi connectivity index (χ1) is 18.9. The van der Waals surface area contributed by atoms with E-state index in [2.05, 4.69) is 13.8 Å². The fraction of sp³-hybridized carbons (Fsp3) is 0.486. The number of halogens is 4. The summed E-state index contributed by atoms with van der Waals surface area (Å²) >= 11 is 0. The SMILES string of the molecule is CCCCCCCCc1ccc(-c2ccc(-c3ccc(C4CCC(CCC)CC4)c(F)c3F)cc2)c(F)c1F. The lowest BCUT2D eigenvalue weighted by Gasteiger charge is -2.29. The van der Waals surface area contributed by atoms with E-state index in [1.165, 1.54) is 25.7 Å². The maximum atomic E-state index is 15.2. The number of benzene rings is 3. The molecular weight excluding hydrogens is 496 g/mol. The summed E-state index contributed by atoms with van der Waals surface area (Å²) in [7, 11) is 0. The van der Waals surface area contributed by atoms with E-state index >= 15 is 8.78 Å². The van der Waals surface area contributed by atoms with Crippen LogP contribution in [0.5, 0.6) is 0 Å². The van der Waals surface area contributed by atoms with E-state index in [0.717, 1.165) is 51.4 Å². The molecule has 0 aliphatic heterocycles. The molecule has 3 aromatic carbocycles. The Balaban J connectivity index is 1.44. The second kappa shape index (κ2) is 14.1. The lowest BCUT2D eigenvalue weighted by Crippen LogP contribution is -2.14. The van der Waals surface area contributed by atoms with Crippen molar-refractivity contribution in [1.29, 1.82) is 0 Å². The predicted octanol–water partition coefficient (Wildman–Crippen LogP) is 11.6. The van der Waals surface area contributed by atoms with Gasteiger partial charge in [0.25, 0.3) is 0 Å². The van der Waals surface area contributed by atoms with Gasteiger partial charge in [0.2, 0.25) is 0 Å². The van der Waals surface area contributed by atoms with Gasteiger partial charge in [0.05, 0.1) is 0 Å². The smallest absolute Gasteiger partial charge is 0.166 e. The van der Waals surface area contributed by atoms with Crippen LogP contribution < -0.4 is 0 Å². The van der Waals surface area contributed by atoms with Crippen LogP contribution >= 0.6 is 0 Å². The van der Waals surface area contributed by atoms with E-state index in [1.54, 1.807) is 48.5 Å². The van der Waals surface area contributed by atoms with Crippen LogP contribution in [-0.2, 0) is 6.42 Å². The van der Waals surface area contributed by atoms with Crippen LogP contribution in [0, 0.1) is 29.2 Å². The summed E-state index contributed by atoms with van der Waals surface area (Å²) in [5, 5.41) is 0. The minimum Gasteiger partial charge on any atom is -0.203 e. The highest BCUT2D eigenvalue weighted by atomic mass is 19.2. The molecular formula is C35H42F4. The summed E-state index contributed by atoms with van der Waals surface area (Å²) in [6.45, 7) is 4.36. The van der Waals surface area contributed by atoms with Crippen molar-refractivity contribution in [1.82, 2.24) is 0 Å². The minimum absolute atomic E-state index is 0.0610. The van der Waals surface area contributed by atoms with Crippen molar-refractivity contribution in [3.63, 3.8) is 0 Å². The van der Waals surface area contributed by atoms with E-state index in [0.29, 0.717) is 34.6 Å². The molecule has 1 fully saturated rings. The molecule has 210 valence electrons. The third-order valence-electron chi connectivity index (χ3n) is 8.56. The Morgan fingerprint density at radius 2 is 1.13 bits per heavy atom. The van der Waals surface area contributed by atoms with Gasteiger partial charge in [-0.2, -0.15) is 0 Å². The molecule has 0 N–H and O–H groups in total. The summed E-state index contributed by atoms with van der Waals surface area (Å²) in [6.07, 6.45) is 13.4. The topological polar surface area (TPSA) is 0 Å². The van der Waals surface area contributed by atoms with Crippen molar-refractivity contribution in [3.8, 4) is 22.3 Å². The minimum atomic E-state index is -0.860. The Kier molecular flexibility index (Phi) is 10.6. The number of unbranched alkanes of at least 4 members (excludes halogenated alkanes) is 5. The van der Waals surface area contributed by atoms with Crippen molar-refractivity contribution < 1.29 is 17.6 Å². The number of hydrogen-bond acceptors (Lipinski definition) is 0. The highest BCUT2D eigenvalue weighted by molar-refractivity contribution is 5.71. The third-order valence-corrected chi connectivity index (χ3v) is 8.56. The molecule has 0 aromatic heterocycles. The van der Waals surface area contributed by atoms with Crippen LogP contribution in [0.25, 0.3) is 22.3 Å². The molecule has 1 aliphatic carbocycles. The molecule has 0 atom stereocenters. The second-order valence-electron chi connectivity index (χ2n) is 11.3. The zero-order valence-corrected chi connectivity index (χ0v) is 23.5. The van der Waals surface area contributed by atoms with Gasteiger partial charge in [0.1, 0.15) is 0 Å². The predicted molar refractivity (Wildman–Crippen MR) is 154 cm³/mol. The summed E-state index contributed by atoms with van der Waals surface area (Å²) in [5.74, 6) is -2.49. The van der Waals surface area contributed by atoms with E-state index < -0.39 is 23.3 Å². The second-order valence-corrected chi connectivity index (χ2v) is 11.3. The molecule has 0 heterocycles. The van der Waals surface area contributed by atoms with Gasteiger partial charge in [0.15, 0.2) is 23.3 Å². The Morgan fingerprint density at radius 3 is 1.74 bits per heavy atom. The quantitative estimate of drug-likeness (QED) is 0.159. The Bertz CT molecular complexity index is 1210. The Hall–Kier alpha value is -2.62. The first-order valence-electron chi connectivity index (χ1n) is 15.0. The van der Waals surface area contributed by atoms with Gasteiger partial charge >= 0.3 is 0 Å². The monoisotopic (exact) mass is 538 g/mol. The van der Waals surface area contributed by atoms with Gasteiger partial charge in [0, 0.05) is 11.1 Å². The molecule has 0 saturated heterocycles. The number of hydrogen-bond donors (Lipinski definition) is 0. The lowest BCUT2D eigenvalue weighted by atomic mass is 9.77. The molecule has 1 saturated carbocycles. The van der Waals surface area contributed by atoms with Crippen LogP contribution in [-0.4, -0.2) is 0 Å². The van der Waals surface area contributed by atoms with Gasteiger partial charge in [-0.3, -0.25) is 0 Å². The molecule has 0 nitrogen and oxygen atoms in total. The number of aryl methyl sites for hydroxylation is 1. The molecule has 0 unspecified atom stereocenters. The largest absolute Gasteiger partial charge is 0.203 e. The van der Waals surface area contributed by atoms with Crippen LogP contribution in [0.15, 0.2) is 48.5 Å². The normalized spacial score (nSPS) is 17.5. The van der Waals surface area contributed by atoms with Gasteiger partial charge in [-0.25, -0.2) is 17.6 Å². The fourth-order valence-corrected chi connectivity index (χ4v) is 6.20. The molecule has 39 heavy (non-hydrogen) atoms. The summed E-state index contributed by atoms with van der Waals surface area (Å²) in [5.41, 5.74) is 2.24. The van der Waals surface area contributed by atoms with E-state index in [-0.39, 0.29) is 17.0 Å². The van der Waals surface area contributed by atoms with Crippen molar-refractivity contribution in [3.05, 3.63) is 82.9 Å². The maximum absolute atomic E-state index is 15.2. The van der Waals surface area contributed by atoms with Gasteiger partial charge in [-0.15, -0.1) is 0 Å². The standard InChI is InChI=1S/C35H42F4/c1-3-5-6-7-8-9-11-28-20-21-29(33(37)32(28)36)26-16-18-27(19-17-26)31-23-22-30(34(38)35(31)39)25-14-12-24(10-4-2)13-15-25/h16-25H,3-15H2,1-2H3. The van der Waals surface area contributed by atoms with Crippen LogP contribution in [0.3, 0.4) is 0 Å². The lowest BCUT2D eigenvalue weighted by molar-refractivity contribution is 0.303. The fourth-order valence-electron chi connectivity index (χ4n) is 6.20. The molecule has 4 heteroatoms.